The van der Waals surface area contributed by atoms with E-state index >= 15 is 0 Å². The first-order chi connectivity index (χ1) is 7.55. The Morgan fingerprint density at radius 3 is 2.47 bits per heavy atom. The third-order valence-electron chi connectivity index (χ3n) is 1.70. The van der Waals surface area contributed by atoms with E-state index in [4.69, 9.17) is 0 Å². The van der Waals surface area contributed by atoms with Gasteiger partial charge >= 0.3 is 33.4 Å². The molecule has 0 unspecified atom stereocenters. The molecule has 92 valence electrons. The molecule has 1 amide bonds. The van der Waals surface area contributed by atoms with Crippen LogP contribution in [0.15, 0.2) is 30.3 Å². The van der Waals surface area contributed by atoms with Crippen LogP contribution in [-0.4, -0.2) is 44.0 Å². The zero-order valence-electron chi connectivity index (χ0n) is 11.5. The van der Waals surface area contributed by atoms with Crippen LogP contribution in [-0.2, 0) is 14.5 Å². The van der Waals surface area contributed by atoms with Gasteiger partial charge in [0.05, 0.1) is 6.61 Å². The molecule has 0 aliphatic heterocycles. The number of hydrogen-bond acceptors (Lipinski definition) is 4. The Labute approximate surface area is 120 Å². The van der Waals surface area contributed by atoms with E-state index in [2.05, 4.69) is 4.18 Å². The molecule has 0 aliphatic rings. The van der Waals surface area contributed by atoms with Gasteiger partial charge < -0.3 is 2.85 Å². The zero-order valence-corrected chi connectivity index (χ0v) is 11.8. The van der Waals surface area contributed by atoms with Gasteiger partial charge in [0.25, 0.3) is 5.91 Å². The standard InChI is InChI=1S/C10H13NO4S.Mg.2H/c1-2-8-15-16(13,14)11-10(12)9-6-4-3-5-7-9;;;/h3-7H,2,8H2,1H3,(H,11,12);;;/q;+2;2*-1. The van der Waals surface area contributed by atoms with E-state index in [1.54, 1.807) is 25.1 Å². The fourth-order valence-corrected chi connectivity index (χ4v) is 1.77. The van der Waals surface area contributed by atoms with Gasteiger partial charge in [-0.3, -0.25) is 8.98 Å². The number of carbonyl (C=O) groups is 1. The minimum absolute atomic E-state index is 0. The van der Waals surface area contributed by atoms with Gasteiger partial charge in [0, 0.05) is 5.56 Å². The van der Waals surface area contributed by atoms with Gasteiger partial charge in [0.15, 0.2) is 0 Å². The van der Waals surface area contributed by atoms with Crippen molar-refractivity contribution >= 4 is 39.3 Å². The summed E-state index contributed by atoms with van der Waals surface area (Å²) < 4.78 is 28.8. The second-order valence-corrected chi connectivity index (χ2v) is 4.42. The van der Waals surface area contributed by atoms with E-state index in [0.717, 1.165) is 0 Å². The first kappa shape index (κ1) is 16.4. The summed E-state index contributed by atoms with van der Waals surface area (Å²) in [5, 5.41) is 0. The summed E-state index contributed by atoms with van der Waals surface area (Å²) in [6.07, 6.45) is 0.556. The van der Waals surface area contributed by atoms with Crippen molar-refractivity contribution in [1.29, 1.82) is 0 Å². The van der Waals surface area contributed by atoms with Crippen molar-refractivity contribution in [3.8, 4) is 0 Å². The maximum absolute atomic E-state index is 11.5. The maximum atomic E-state index is 11.5. The summed E-state index contributed by atoms with van der Waals surface area (Å²) in [5.41, 5.74) is 0.270. The van der Waals surface area contributed by atoms with Gasteiger partial charge in [-0.2, -0.15) is 8.42 Å². The van der Waals surface area contributed by atoms with Crippen molar-refractivity contribution in [2.24, 2.45) is 0 Å². The topological polar surface area (TPSA) is 72.5 Å². The molecule has 0 heterocycles. The molecule has 1 aromatic rings. The Morgan fingerprint density at radius 1 is 1.35 bits per heavy atom. The third kappa shape index (κ3) is 6.01. The molecular weight excluding hydrogens is 254 g/mol. The number of nitrogens with one attached hydrogen (secondary N) is 1. The Hall–Kier alpha value is -0.634. The van der Waals surface area contributed by atoms with Crippen molar-refractivity contribution in [3.05, 3.63) is 35.9 Å². The molecule has 0 aromatic heterocycles. The number of rotatable bonds is 5. The van der Waals surface area contributed by atoms with Crippen LogP contribution in [0.3, 0.4) is 0 Å². The van der Waals surface area contributed by atoms with Crippen LogP contribution in [0.2, 0.25) is 0 Å². The number of benzene rings is 1. The second kappa shape index (κ2) is 7.65. The number of amides is 1. The first-order valence-corrected chi connectivity index (χ1v) is 6.22. The Bertz CT molecular complexity index is 456. The van der Waals surface area contributed by atoms with E-state index in [-0.39, 0.29) is 38.1 Å². The minimum atomic E-state index is -3.99. The van der Waals surface area contributed by atoms with Gasteiger partial charge in [-0.15, -0.1) is 0 Å². The van der Waals surface area contributed by atoms with Gasteiger partial charge in [-0.25, -0.2) is 4.72 Å². The molecule has 17 heavy (non-hydrogen) atoms. The SMILES string of the molecule is CCCOS(=O)(=O)NC(=O)c1ccccc1.[H-].[H-].[Mg+2]. The van der Waals surface area contributed by atoms with Crippen molar-refractivity contribution in [3.63, 3.8) is 0 Å². The molecule has 0 atom stereocenters. The van der Waals surface area contributed by atoms with E-state index in [9.17, 15) is 13.2 Å². The van der Waals surface area contributed by atoms with Crippen LogP contribution >= 0.6 is 0 Å². The molecule has 7 heteroatoms. The zero-order chi connectivity index (χ0) is 12.0. The molecule has 0 spiro atoms. The predicted octanol–water partition coefficient (Wildman–Crippen LogP) is 0.932. The molecule has 0 aliphatic carbocycles. The van der Waals surface area contributed by atoms with Crippen molar-refractivity contribution < 1.29 is 20.2 Å². The molecule has 1 rings (SSSR count). The van der Waals surface area contributed by atoms with E-state index in [1.807, 2.05) is 4.72 Å². The van der Waals surface area contributed by atoms with E-state index in [0.29, 0.717) is 6.42 Å². The quantitative estimate of drug-likeness (QED) is 0.807. The fourth-order valence-electron chi connectivity index (χ4n) is 0.984. The van der Waals surface area contributed by atoms with E-state index < -0.39 is 16.2 Å². The maximum Gasteiger partial charge on any atom is 2.00 e. The summed E-state index contributed by atoms with van der Waals surface area (Å²) >= 11 is 0. The number of hydrogen-bond donors (Lipinski definition) is 1. The summed E-state index contributed by atoms with van der Waals surface area (Å²) in [6.45, 7) is 1.83. The van der Waals surface area contributed by atoms with Crippen LogP contribution < -0.4 is 4.72 Å². The Balaban J connectivity index is -0.000000853. The summed E-state index contributed by atoms with van der Waals surface area (Å²) in [7, 11) is -3.99. The summed E-state index contributed by atoms with van der Waals surface area (Å²) in [4.78, 5) is 11.5. The first-order valence-electron chi connectivity index (χ1n) is 4.81. The van der Waals surface area contributed by atoms with Gasteiger partial charge in [-0.1, -0.05) is 25.1 Å². The molecule has 0 saturated heterocycles. The second-order valence-electron chi connectivity index (χ2n) is 3.07. The van der Waals surface area contributed by atoms with Crippen LogP contribution in [0.4, 0.5) is 0 Å². The normalized spacial score (nSPS) is 10.4. The molecule has 1 N–H and O–H groups in total. The van der Waals surface area contributed by atoms with Gasteiger partial charge in [0.1, 0.15) is 0 Å². The Kier molecular flexibility index (Phi) is 7.36. The largest absolute Gasteiger partial charge is 2.00 e. The summed E-state index contributed by atoms with van der Waals surface area (Å²) in [5.74, 6) is -0.697. The van der Waals surface area contributed by atoms with Crippen LogP contribution in [0.1, 0.15) is 26.6 Å². The summed E-state index contributed by atoms with van der Waals surface area (Å²) in [6, 6.07) is 8.07. The molecule has 1 aromatic carbocycles. The smallest absolute Gasteiger partial charge is 1.00 e. The van der Waals surface area contributed by atoms with Crippen molar-refractivity contribution in [2.45, 2.75) is 13.3 Å². The fraction of sp³-hybridized carbons (Fsp3) is 0.300. The molecule has 0 radical (unpaired) electrons. The van der Waals surface area contributed by atoms with Crippen LogP contribution in [0, 0.1) is 0 Å². The van der Waals surface area contributed by atoms with Gasteiger partial charge in [0.2, 0.25) is 0 Å². The Morgan fingerprint density at radius 2 is 1.94 bits per heavy atom. The molecule has 0 fully saturated rings. The van der Waals surface area contributed by atoms with Crippen molar-refractivity contribution in [1.82, 2.24) is 4.72 Å². The third-order valence-corrected chi connectivity index (χ3v) is 2.61. The number of carbonyl (C=O) groups excluding carboxylic acids is 1. The molecule has 5 nitrogen and oxygen atoms in total. The monoisotopic (exact) mass is 269 g/mol. The van der Waals surface area contributed by atoms with Crippen LogP contribution in [0.25, 0.3) is 0 Å². The predicted molar refractivity (Wildman–Crippen MR) is 67.0 cm³/mol. The molecular formula is C10H15MgNO4S. The van der Waals surface area contributed by atoms with Gasteiger partial charge in [-0.05, 0) is 18.6 Å². The average molecular weight is 270 g/mol. The van der Waals surface area contributed by atoms with Crippen LogP contribution in [0.5, 0.6) is 0 Å². The molecule has 0 bridgehead atoms. The van der Waals surface area contributed by atoms with E-state index in [1.165, 1.54) is 12.1 Å². The van der Waals surface area contributed by atoms with Crippen molar-refractivity contribution in [2.75, 3.05) is 6.61 Å². The molecule has 0 saturated carbocycles. The minimum Gasteiger partial charge on any atom is -1.00 e. The average Bonchev–Trinajstić information content (AvgIpc) is 2.27.